The molecule has 3 aromatic rings. The van der Waals surface area contributed by atoms with Gasteiger partial charge in [0.15, 0.2) is 0 Å². The molecule has 0 aromatic heterocycles. The van der Waals surface area contributed by atoms with E-state index in [9.17, 15) is 18.0 Å². The van der Waals surface area contributed by atoms with Crippen LogP contribution in [0.4, 0.5) is 5.69 Å². The Morgan fingerprint density at radius 1 is 0.925 bits per heavy atom. The van der Waals surface area contributed by atoms with Crippen molar-refractivity contribution in [3.63, 3.8) is 0 Å². The fourth-order valence-electron chi connectivity index (χ4n) is 4.34. The van der Waals surface area contributed by atoms with Gasteiger partial charge >= 0.3 is 0 Å². The zero-order valence-electron chi connectivity index (χ0n) is 22.9. The number of hydrogen-bond acceptors (Lipinski definition) is 4. The van der Waals surface area contributed by atoms with E-state index in [1.54, 1.807) is 67.6 Å². The van der Waals surface area contributed by atoms with Gasteiger partial charge in [-0.25, -0.2) is 8.42 Å². The number of benzene rings is 3. The first-order chi connectivity index (χ1) is 19.1. The molecule has 214 valence electrons. The van der Waals surface area contributed by atoms with Gasteiger partial charge < -0.3 is 10.2 Å². The summed E-state index contributed by atoms with van der Waals surface area (Å²) in [6, 6.07) is 19.2. The minimum absolute atomic E-state index is 0.0441. The van der Waals surface area contributed by atoms with Crippen LogP contribution in [0.15, 0.2) is 77.7 Å². The molecule has 0 aliphatic rings. The van der Waals surface area contributed by atoms with Crippen LogP contribution in [-0.4, -0.2) is 44.3 Å². The Balaban J connectivity index is 2.05. The maximum absolute atomic E-state index is 14.1. The predicted octanol–water partition coefficient (Wildman–Crippen LogP) is 6.22. The van der Waals surface area contributed by atoms with Crippen LogP contribution in [0.2, 0.25) is 10.0 Å². The number of rotatable bonds is 13. The number of nitrogens with zero attached hydrogens (tertiary/aromatic N) is 2. The zero-order chi connectivity index (χ0) is 29.3. The average Bonchev–Trinajstić information content (AvgIpc) is 2.94. The summed E-state index contributed by atoms with van der Waals surface area (Å²) >= 11 is 12.3. The standard InChI is InChI=1S/C30H35Cl2N3O4S/c1-4-6-18-33-30(37)27(5-2)34(20-23-16-17-25(31)26(32)19-23)29(36)21-35(28-15-11-10-12-22(28)3)40(38,39)24-13-8-7-9-14-24/h7-17,19,27H,4-6,18,20-21H2,1-3H3,(H,33,37). The maximum Gasteiger partial charge on any atom is 0.264 e. The number of para-hydroxylation sites is 1. The molecule has 1 unspecified atom stereocenters. The van der Waals surface area contributed by atoms with Crippen LogP contribution in [0.25, 0.3) is 0 Å². The molecule has 3 aromatic carbocycles. The molecule has 0 saturated carbocycles. The van der Waals surface area contributed by atoms with Crippen LogP contribution >= 0.6 is 23.2 Å². The molecule has 0 saturated heterocycles. The van der Waals surface area contributed by atoms with Gasteiger partial charge in [0.2, 0.25) is 11.8 Å². The van der Waals surface area contributed by atoms with Crippen LogP contribution < -0.4 is 9.62 Å². The largest absolute Gasteiger partial charge is 0.354 e. The molecule has 2 amide bonds. The summed E-state index contributed by atoms with van der Waals surface area (Å²) in [6.07, 6.45) is 2.05. The zero-order valence-corrected chi connectivity index (χ0v) is 25.3. The molecule has 40 heavy (non-hydrogen) atoms. The molecular formula is C30H35Cl2N3O4S. The summed E-state index contributed by atoms with van der Waals surface area (Å²) < 4.78 is 28.9. The fraction of sp³-hybridized carbons (Fsp3) is 0.333. The highest BCUT2D eigenvalue weighted by atomic mass is 35.5. The van der Waals surface area contributed by atoms with Gasteiger partial charge in [-0.2, -0.15) is 0 Å². The number of sulfonamides is 1. The van der Waals surface area contributed by atoms with Gasteiger partial charge in [0, 0.05) is 13.1 Å². The molecule has 0 bridgehead atoms. The van der Waals surface area contributed by atoms with Crippen molar-refractivity contribution in [1.29, 1.82) is 0 Å². The Kier molecular flexibility index (Phi) is 11.4. The summed E-state index contributed by atoms with van der Waals surface area (Å²) in [5, 5.41) is 3.60. The normalized spacial score (nSPS) is 12.0. The van der Waals surface area contributed by atoms with Crippen molar-refractivity contribution >= 4 is 50.7 Å². The summed E-state index contributed by atoms with van der Waals surface area (Å²) in [5.41, 5.74) is 1.74. The maximum atomic E-state index is 14.1. The third kappa shape index (κ3) is 7.77. The number of nitrogens with one attached hydrogen (secondary N) is 1. The number of carbonyl (C=O) groups excluding carboxylic acids is 2. The van der Waals surface area contributed by atoms with E-state index < -0.39 is 28.5 Å². The minimum atomic E-state index is -4.11. The minimum Gasteiger partial charge on any atom is -0.354 e. The smallest absolute Gasteiger partial charge is 0.264 e. The van der Waals surface area contributed by atoms with Crippen molar-refractivity contribution in [2.45, 2.75) is 57.5 Å². The number of halogens is 2. The number of hydrogen-bond donors (Lipinski definition) is 1. The SMILES string of the molecule is CCCCNC(=O)C(CC)N(Cc1ccc(Cl)c(Cl)c1)C(=O)CN(c1ccccc1C)S(=O)(=O)c1ccccc1. The van der Waals surface area contributed by atoms with Crippen LogP contribution in [0, 0.1) is 6.92 Å². The first kappa shape index (κ1) is 31.5. The van der Waals surface area contributed by atoms with E-state index in [0.29, 0.717) is 39.8 Å². The third-order valence-electron chi connectivity index (χ3n) is 6.55. The Morgan fingerprint density at radius 3 is 2.23 bits per heavy atom. The highest BCUT2D eigenvalue weighted by Crippen LogP contribution is 2.28. The number of unbranched alkanes of at least 4 members (excludes halogenated alkanes) is 1. The predicted molar refractivity (Wildman–Crippen MR) is 161 cm³/mol. The molecule has 0 heterocycles. The molecule has 1 N–H and O–H groups in total. The molecule has 0 spiro atoms. The summed E-state index contributed by atoms with van der Waals surface area (Å²) in [5.74, 6) is -0.816. The molecule has 3 rings (SSSR count). The van der Waals surface area contributed by atoms with Crippen molar-refractivity contribution < 1.29 is 18.0 Å². The Hall–Kier alpha value is -3.07. The first-order valence-corrected chi connectivity index (χ1v) is 15.4. The van der Waals surface area contributed by atoms with E-state index >= 15 is 0 Å². The van der Waals surface area contributed by atoms with Crippen molar-refractivity contribution in [2.24, 2.45) is 0 Å². The molecule has 1 atom stereocenters. The van der Waals surface area contributed by atoms with Crippen LogP contribution in [-0.2, 0) is 26.2 Å². The van der Waals surface area contributed by atoms with Crippen LogP contribution in [0.1, 0.15) is 44.2 Å². The Bertz CT molecular complexity index is 1420. The molecule has 0 radical (unpaired) electrons. The molecular weight excluding hydrogens is 569 g/mol. The van der Waals surface area contributed by atoms with E-state index in [-0.39, 0.29) is 17.3 Å². The second kappa shape index (κ2) is 14.5. The fourth-order valence-corrected chi connectivity index (χ4v) is 6.16. The summed E-state index contributed by atoms with van der Waals surface area (Å²) in [7, 11) is -4.11. The molecule has 10 heteroatoms. The summed E-state index contributed by atoms with van der Waals surface area (Å²) in [4.78, 5) is 28.8. The molecule has 0 fully saturated rings. The highest BCUT2D eigenvalue weighted by Gasteiger charge is 2.34. The van der Waals surface area contributed by atoms with E-state index in [4.69, 9.17) is 23.2 Å². The van der Waals surface area contributed by atoms with Gasteiger partial charge in [0.1, 0.15) is 12.6 Å². The Morgan fingerprint density at radius 2 is 1.60 bits per heavy atom. The van der Waals surface area contributed by atoms with E-state index in [1.165, 1.54) is 17.0 Å². The van der Waals surface area contributed by atoms with Crippen molar-refractivity contribution in [3.05, 3.63) is 94.0 Å². The lowest BCUT2D eigenvalue weighted by Crippen LogP contribution is -2.52. The lowest BCUT2D eigenvalue weighted by molar-refractivity contribution is -0.140. The van der Waals surface area contributed by atoms with Gasteiger partial charge in [-0.05, 0) is 61.2 Å². The van der Waals surface area contributed by atoms with Gasteiger partial charge in [-0.3, -0.25) is 13.9 Å². The average molecular weight is 605 g/mol. The number of aryl methyl sites for hydroxylation is 1. The topological polar surface area (TPSA) is 86.8 Å². The van der Waals surface area contributed by atoms with E-state index in [0.717, 1.165) is 17.1 Å². The number of carbonyl (C=O) groups is 2. The van der Waals surface area contributed by atoms with Gasteiger partial charge in [-0.1, -0.05) is 85.9 Å². The Labute approximate surface area is 247 Å². The van der Waals surface area contributed by atoms with Gasteiger partial charge in [0.05, 0.1) is 20.6 Å². The molecule has 7 nitrogen and oxygen atoms in total. The number of amides is 2. The second-order valence-corrected chi connectivity index (χ2v) is 12.1. The monoisotopic (exact) mass is 603 g/mol. The van der Waals surface area contributed by atoms with Crippen molar-refractivity contribution in [1.82, 2.24) is 10.2 Å². The third-order valence-corrected chi connectivity index (χ3v) is 9.06. The first-order valence-electron chi connectivity index (χ1n) is 13.2. The molecule has 0 aliphatic carbocycles. The number of anilines is 1. The highest BCUT2D eigenvalue weighted by molar-refractivity contribution is 7.92. The lowest BCUT2D eigenvalue weighted by Gasteiger charge is -2.33. The van der Waals surface area contributed by atoms with Crippen LogP contribution in [0.3, 0.4) is 0 Å². The molecule has 0 aliphatic heterocycles. The van der Waals surface area contributed by atoms with E-state index in [1.807, 2.05) is 13.8 Å². The van der Waals surface area contributed by atoms with Gasteiger partial charge in [-0.15, -0.1) is 0 Å². The van der Waals surface area contributed by atoms with E-state index in [2.05, 4.69) is 5.32 Å². The van der Waals surface area contributed by atoms with Gasteiger partial charge in [0.25, 0.3) is 10.0 Å². The lowest BCUT2D eigenvalue weighted by atomic mass is 10.1. The van der Waals surface area contributed by atoms with Crippen LogP contribution in [0.5, 0.6) is 0 Å². The van der Waals surface area contributed by atoms with Crippen molar-refractivity contribution in [2.75, 3.05) is 17.4 Å². The van der Waals surface area contributed by atoms with Crippen molar-refractivity contribution in [3.8, 4) is 0 Å². The summed E-state index contributed by atoms with van der Waals surface area (Å²) in [6.45, 7) is 5.66. The second-order valence-electron chi connectivity index (χ2n) is 9.45. The quantitative estimate of drug-likeness (QED) is 0.235.